The highest BCUT2D eigenvalue weighted by Gasteiger charge is 2.28. The first-order chi connectivity index (χ1) is 8.17. The molecule has 1 aromatic rings. The number of benzene rings is 1. The van der Waals surface area contributed by atoms with Crippen LogP contribution in [-0.4, -0.2) is 24.3 Å². The minimum atomic E-state index is -0.748. The Morgan fingerprint density at radius 3 is 2.59 bits per heavy atom. The summed E-state index contributed by atoms with van der Waals surface area (Å²) in [6.07, 6.45) is 1.51. The van der Waals surface area contributed by atoms with Gasteiger partial charge in [0.2, 0.25) is 0 Å². The standard InChI is InChI=1S/C12H12F2N2O/c13-10-4-8(6-15)5-11(14)12(10)16-3-1-2-9(16)7-17/h4-5,9,17H,1-3,7H2. The van der Waals surface area contributed by atoms with Crippen LogP contribution >= 0.6 is 0 Å². The molecular weight excluding hydrogens is 226 g/mol. The molecule has 0 bridgehead atoms. The van der Waals surface area contributed by atoms with E-state index >= 15 is 0 Å². The van der Waals surface area contributed by atoms with Gasteiger partial charge in [0.05, 0.1) is 24.3 Å². The first-order valence-electron chi connectivity index (χ1n) is 5.44. The number of rotatable bonds is 2. The molecule has 90 valence electrons. The molecule has 0 amide bonds. The minimum absolute atomic E-state index is 0.0384. The molecule has 1 unspecified atom stereocenters. The quantitative estimate of drug-likeness (QED) is 0.854. The van der Waals surface area contributed by atoms with Crippen molar-refractivity contribution in [3.8, 4) is 6.07 Å². The Bertz CT molecular complexity index is 447. The van der Waals surface area contributed by atoms with E-state index < -0.39 is 11.6 Å². The molecule has 17 heavy (non-hydrogen) atoms. The Kier molecular flexibility index (Phi) is 3.25. The van der Waals surface area contributed by atoms with Crippen LogP contribution in [0.2, 0.25) is 0 Å². The number of aliphatic hydroxyl groups is 1. The van der Waals surface area contributed by atoms with Crippen molar-refractivity contribution in [1.29, 1.82) is 5.26 Å². The summed E-state index contributed by atoms with van der Waals surface area (Å²) in [5, 5.41) is 17.7. The van der Waals surface area contributed by atoms with E-state index in [1.807, 2.05) is 0 Å². The topological polar surface area (TPSA) is 47.3 Å². The molecule has 1 aliphatic heterocycles. The molecule has 0 aromatic heterocycles. The fraction of sp³-hybridized carbons (Fsp3) is 0.417. The summed E-state index contributed by atoms with van der Waals surface area (Å²) in [6.45, 7) is 0.393. The number of hydrogen-bond donors (Lipinski definition) is 1. The van der Waals surface area contributed by atoms with E-state index in [0.29, 0.717) is 6.54 Å². The van der Waals surface area contributed by atoms with Gasteiger partial charge >= 0.3 is 0 Å². The second-order valence-electron chi connectivity index (χ2n) is 4.07. The first-order valence-corrected chi connectivity index (χ1v) is 5.44. The minimum Gasteiger partial charge on any atom is -0.394 e. The number of nitriles is 1. The zero-order valence-electron chi connectivity index (χ0n) is 9.16. The van der Waals surface area contributed by atoms with E-state index in [-0.39, 0.29) is 23.9 Å². The zero-order valence-corrected chi connectivity index (χ0v) is 9.16. The summed E-state index contributed by atoms with van der Waals surface area (Å²) in [5.41, 5.74) is -0.177. The van der Waals surface area contributed by atoms with Gasteiger partial charge < -0.3 is 10.0 Å². The molecule has 0 radical (unpaired) electrons. The predicted octanol–water partition coefficient (Wildman–Crippen LogP) is 1.80. The number of aliphatic hydroxyl groups excluding tert-OH is 1. The molecule has 0 saturated carbocycles. The van der Waals surface area contributed by atoms with Crippen LogP contribution < -0.4 is 4.90 Å². The van der Waals surface area contributed by atoms with E-state index in [1.165, 1.54) is 4.90 Å². The van der Waals surface area contributed by atoms with Crippen LogP contribution in [0.3, 0.4) is 0 Å². The van der Waals surface area contributed by atoms with E-state index in [4.69, 9.17) is 10.4 Å². The van der Waals surface area contributed by atoms with Gasteiger partial charge in [0, 0.05) is 6.54 Å². The molecule has 3 nitrogen and oxygen atoms in total. The van der Waals surface area contributed by atoms with Gasteiger partial charge in [0.15, 0.2) is 11.6 Å². The van der Waals surface area contributed by atoms with Crippen LogP contribution in [0.25, 0.3) is 0 Å². The molecule has 0 aliphatic carbocycles. The molecule has 5 heteroatoms. The number of anilines is 1. The number of nitrogens with zero attached hydrogens (tertiary/aromatic N) is 2. The molecule has 1 fully saturated rings. The lowest BCUT2D eigenvalue weighted by Crippen LogP contribution is -2.33. The van der Waals surface area contributed by atoms with Crippen LogP contribution in [0.5, 0.6) is 0 Å². The summed E-state index contributed by atoms with van der Waals surface area (Å²) in [4.78, 5) is 1.53. The van der Waals surface area contributed by atoms with Crippen molar-refractivity contribution in [1.82, 2.24) is 0 Å². The summed E-state index contributed by atoms with van der Waals surface area (Å²) in [5.74, 6) is -1.50. The van der Waals surface area contributed by atoms with Gasteiger partial charge in [-0.1, -0.05) is 0 Å². The van der Waals surface area contributed by atoms with Gasteiger partial charge in [-0.3, -0.25) is 0 Å². The van der Waals surface area contributed by atoms with Crippen molar-refractivity contribution in [3.05, 3.63) is 29.3 Å². The number of halogens is 2. The van der Waals surface area contributed by atoms with E-state index in [9.17, 15) is 8.78 Å². The van der Waals surface area contributed by atoms with Crippen LogP contribution in [0.1, 0.15) is 18.4 Å². The van der Waals surface area contributed by atoms with E-state index in [1.54, 1.807) is 6.07 Å². The largest absolute Gasteiger partial charge is 0.394 e. The summed E-state index contributed by atoms with van der Waals surface area (Å²) < 4.78 is 27.5. The van der Waals surface area contributed by atoms with Gasteiger partial charge in [-0.05, 0) is 25.0 Å². The average Bonchev–Trinajstić information content (AvgIpc) is 2.76. The van der Waals surface area contributed by atoms with Gasteiger partial charge in [-0.15, -0.1) is 0 Å². The Labute approximate surface area is 97.9 Å². The Morgan fingerprint density at radius 1 is 1.41 bits per heavy atom. The fourth-order valence-electron chi connectivity index (χ4n) is 2.22. The van der Waals surface area contributed by atoms with Crippen molar-refractivity contribution >= 4 is 5.69 Å². The monoisotopic (exact) mass is 238 g/mol. The lowest BCUT2D eigenvalue weighted by molar-refractivity contribution is 0.265. The van der Waals surface area contributed by atoms with E-state index in [0.717, 1.165) is 25.0 Å². The summed E-state index contributed by atoms with van der Waals surface area (Å²) in [7, 11) is 0. The maximum atomic E-state index is 13.7. The smallest absolute Gasteiger partial charge is 0.150 e. The van der Waals surface area contributed by atoms with Gasteiger partial charge in [-0.2, -0.15) is 5.26 Å². The van der Waals surface area contributed by atoms with Crippen LogP contribution in [0.4, 0.5) is 14.5 Å². The van der Waals surface area contributed by atoms with Crippen molar-refractivity contribution in [2.75, 3.05) is 18.1 Å². The van der Waals surface area contributed by atoms with Crippen LogP contribution in [-0.2, 0) is 0 Å². The van der Waals surface area contributed by atoms with Gasteiger partial charge in [0.1, 0.15) is 5.69 Å². The molecule has 1 atom stereocenters. The Morgan fingerprint density at radius 2 is 2.06 bits per heavy atom. The van der Waals surface area contributed by atoms with E-state index in [2.05, 4.69) is 0 Å². The third-order valence-electron chi connectivity index (χ3n) is 3.02. The molecule has 0 spiro atoms. The molecular formula is C12H12F2N2O. The molecule has 1 heterocycles. The highest BCUT2D eigenvalue weighted by atomic mass is 19.1. The maximum absolute atomic E-state index is 13.7. The lowest BCUT2D eigenvalue weighted by Gasteiger charge is -2.26. The predicted molar refractivity (Wildman–Crippen MR) is 58.5 cm³/mol. The molecule has 1 saturated heterocycles. The first kappa shape index (κ1) is 11.8. The SMILES string of the molecule is N#Cc1cc(F)c(N2CCCC2CO)c(F)c1. The summed E-state index contributed by atoms with van der Waals surface area (Å²) in [6, 6.07) is 3.50. The second kappa shape index (κ2) is 4.68. The fourth-order valence-corrected chi connectivity index (χ4v) is 2.22. The van der Waals surface area contributed by atoms with Crippen LogP contribution in [0, 0.1) is 23.0 Å². The average molecular weight is 238 g/mol. The normalized spacial score (nSPS) is 19.4. The lowest BCUT2D eigenvalue weighted by atomic mass is 10.1. The van der Waals surface area contributed by atoms with Crippen molar-refractivity contribution in [3.63, 3.8) is 0 Å². The summed E-state index contributed by atoms with van der Waals surface area (Å²) >= 11 is 0. The van der Waals surface area contributed by atoms with Crippen molar-refractivity contribution in [2.45, 2.75) is 18.9 Å². The zero-order chi connectivity index (χ0) is 12.4. The molecule has 2 rings (SSSR count). The molecule has 1 aromatic carbocycles. The number of hydrogen-bond acceptors (Lipinski definition) is 3. The van der Waals surface area contributed by atoms with Crippen molar-refractivity contribution in [2.24, 2.45) is 0 Å². The highest BCUT2D eigenvalue weighted by molar-refractivity contribution is 5.54. The Balaban J connectivity index is 2.42. The second-order valence-corrected chi connectivity index (χ2v) is 4.07. The Hall–Kier alpha value is -1.67. The van der Waals surface area contributed by atoms with Gasteiger partial charge in [0.25, 0.3) is 0 Å². The van der Waals surface area contributed by atoms with Gasteiger partial charge in [-0.25, -0.2) is 8.78 Å². The molecule has 1 aliphatic rings. The third-order valence-corrected chi connectivity index (χ3v) is 3.02. The third kappa shape index (κ3) is 2.08. The molecule has 1 N–H and O–H groups in total. The van der Waals surface area contributed by atoms with Crippen LogP contribution in [0.15, 0.2) is 12.1 Å². The maximum Gasteiger partial charge on any atom is 0.150 e. The van der Waals surface area contributed by atoms with Crippen molar-refractivity contribution < 1.29 is 13.9 Å². The highest BCUT2D eigenvalue weighted by Crippen LogP contribution is 2.31.